The smallest absolute Gasteiger partial charge is 0.0632 e. The number of anilines is 2. The molecule has 1 aromatic carbocycles. The zero-order chi connectivity index (χ0) is 13.9. The lowest BCUT2D eigenvalue weighted by Crippen LogP contribution is -2.30. The van der Waals surface area contributed by atoms with Gasteiger partial charge in [0.1, 0.15) is 0 Å². The minimum absolute atomic E-state index is 0.267. The van der Waals surface area contributed by atoms with Crippen LogP contribution in [0.3, 0.4) is 0 Å². The predicted octanol–water partition coefficient (Wildman–Crippen LogP) is 2.56. The molecule has 2 heterocycles. The quantitative estimate of drug-likeness (QED) is 0.839. The standard InChI is InChI=1S/C16H21N3O/c17-16-14-7-8-18-11-12(14)5-6-15(16)19-9-1-3-13(19)4-2-10-20/h5-8,11,13,20H,1-4,9-10,17H2. The van der Waals surface area contributed by atoms with E-state index < -0.39 is 0 Å². The SMILES string of the molecule is Nc1c(N2CCCC2CCCO)ccc2cnccc12. The largest absolute Gasteiger partial charge is 0.397 e. The lowest BCUT2D eigenvalue weighted by molar-refractivity contribution is 0.279. The monoisotopic (exact) mass is 271 g/mol. The maximum atomic E-state index is 9.03. The molecule has 0 aliphatic carbocycles. The third kappa shape index (κ3) is 2.31. The van der Waals surface area contributed by atoms with E-state index in [-0.39, 0.29) is 6.61 Å². The first-order chi connectivity index (χ1) is 9.81. The van der Waals surface area contributed by atoms with Crippen molar-refractivity contribution in [3.05, 3.63) is 30.6 Å². The van der Waals surface area contributed by atoms with Crippen molar-refractivity contribution in [2.75, 3.05) is 23.8 Å². The van der Waals surface area contributed by atoms with Crippen molar-refractivity contribution < 1.29 is 5.11 Å². The van der Waals surface area contributed by atoms with E-state index in [1.807, 2.05) is 12.3 Å². The van der Waals surface area contributed by atoms with Crippen LogP contribution in [0.5, 0.6) is 0 Å². The van der Waals surface area contributed by atoms with E-state index in [9.17, 15) is 0 Å². The second-order valence-electron chi connectivity index (χ2n) is 5.45. The highest BCUT2D eigenvalue weighted by molar-refractivity contribution is 5.98. The molecule has 1 aliphatic heterocycles. The number of nitrogen functional groups attached to an aromatic ring is 1. The number of aliphatic hydroxyl groups is 1. The first kappa shape index (κ1) is 13.2. The van der Waals surface area contributed by atoms with E-state index in [0.29, 0.717) is 6.04 Å². The molecule has 106 valence electrons. The second kappa shape index (κ2) is 5.67. The van der Waals surface area contributed by atoms with Gasteiger partial charge in [-0.2, -0.15) is 0 Å². The predicted molar refractivity (Wildman–Crippen MR) is 82.8 cm³/mol. The number of benzene rings is 1. The fourth-order valence-corrected chi connectivity index (χ4v) is 3.21. The number of rotatable bonds is 4. The molecule has 4 heteroatoms. The topological polar surface area (TPSA) is 62.4 Å². The number of pyridine rings is 1. The van der Waals surface area contributed by atoms with E-state index >= 15 is 0 Å². The molecule has 1 unspecified atom stereocenters. The number of nitrogens with two attached hydrogens (primary N) is 1. The molecule has 0 spiro atoms. The van der Waals surface area contributed by atoms with Crippen molar-refractivity contribution in [1.82, 2.24) is 4.98 Å². The van der Waals surface area contributed by atoms with E-state index in [1.165, 1.54) is 12.8 Å². The Hall–Kier alpha value is -1.81. The minimum atomic E-state index is 0.267. The van der Waals surface area contributed by atoms with Crippen molar-refractivity contribution in [3.8, 4) is 0 Å². The van der Waals surface area contributed by atoms with Crippen molar-refractivity contribution in [3.63, 3.8) is 0 Å². The molecule has 20 heavy (non-hydrogen) atoms. The number of nitrogens with zero attached hydrogens (tertiary/aromatic N) is 2. The highest BCUT2D eigenvalue weighted by Gasteiger charge is 2.25. The Labute approximate surface area is 119 Å². The minimum Gasteiger partial charge on any atom is -0.397 e. The van der Waals surface area contributed by atoms with Crippen molar-refractivity contribution in [2.24, 2.45) is 0 Å². The first-order valence-corrected chi connectivity index (χ1v) is 7.31. The summed E-state index contributed by atoms with van der Waals surface area (Å²) in [5.74, 6) is 0. The lowest BCUT2D eigenvalue weighted by atomic mass is 10.1. The van der Waals surface area contributed by atoms with E-state index in [2.05, 4.69) is 22.0 Å². The van der Waals surface area contributed by atoms with Crippen LogP contribution >= 0.6 is 0 Å². The Morgan fingerprint density at radius 3 is 3.10 bits per heavy atom. The van der Waals surface area contributed by atoms with Crippen LogP contribution in [-0.4, -0.2) is 29.3 Å². The Balaban J connectivity index is 1.95. The van der Waals surface area contributed by atoms with Gasteiger partial charge >= 0.3 is 0 Å². The van der Waals surface area contributed by atoms with Crippen LogP contribution < -0.4 is 10.6 Å². The summed E-state index contributed by atoms with van der Waals surface area (Å²) in [7, 11) is 0. The van der Waals surface area contributed by atoms with Crippen LogP contribution in [0.2, 0.25) is 0 Å². The normalized spacial score (nSPS) is 18.9. The molecular weight excluding hydrogens is 250 g/mol. The average molecular weight is 271 g/mol. The fraction of sp³-hybridized carbons (Fsp3) is 0.438. The summed E-state index contributed by atoms with van der Waals surface area (Å²) in [6, 6.07) is 6.68. The van der Waals surface area contributed by atoms with Crippen LogP contribution in [-0.2, 0) is 0 Å². The van der Waals surface area contributed by atoms with Gasteiger partial charge < -0.3 is 15.7 Å². The summed E-state index contributed by atoms with van der Waals surface area (Å²) in [5.41, 5.74) is 8.35. The van der Waals surface area contributed by atoms with E-state index in [0.717, 1.165) is 41.5 Å². The van der Waals surface area contributed by atoms with Gasteiger partial charge in [-0.05, 0) is 37.8 Å². The Kier molecular flexibility index (Phi) is 3.74. The van der Waals surface area contributed by atoms with Gasteiger partial charge in [-0.1, -0.05) is 6.07 Å². The van der Waals surface area contributed by atoms with Crippen LogP contribution in [0.4, 0.5) is 11.4 Å². The van der Waals surface area contributed by atoms with Crippen molar-refractivity contribution in [2.45, 2.75) is 31.7 Å². The van der Waals surface area contributed by atoms with Crippen molar-refractivity contribution in [1.29, 1.82) is 0 Å². The Morgan fingerprint density at radius 2 is 2.25 bits per heavy atom. The summed E-state index contributed by atoms with van der Waals surface area (Å²) in [4.78, 5) is 6.55. The highest BCUT2D eigenvalue weighted by Crippen LogP contribution is 2.36. The molecule has 2 aromatic rings. The molecule has 1 aromatic heterocycles. The zero-order valence-electron chi connectivity index (χ0n) is 11.6. The number of hydrogen-bond donors (Lipinski definition) is 2. The summed E-state index contributed by atoms with van der Waals surface area (Å²) >= 11 is 0. The second-order valence-corrected chi connectivity index (χ2v) is 5.45. The van der Waals surface area contributed by atoms with E-state index in [4.69, 9.17) is 10.8 Å². The summed E-state index contributed by atoms with van der Waals surface area (Å²) < 4.78 is 0. The van der Waals surface area contributed by atoms with Gasteiger partial charge in [-0.25, -0.2) is 0 Å². The van der Waals surface area contributed by atoms with Gasteiger partial charge in [-0.3, -0.25) is 4.98 Å². The first-order valence-electron chi connectivity index (χ1n) is 7.31. The van der Waals surface area contributed by atoms with Crippen LogP contribution in [0, 0.1) is 0 Å². The molecule has 0 amide bonds. The van der Waals surface area contributed by atoms with Crippen molar-refractivity contribution >= 4 is 22.1 Å². The number of aromatic nitrogens is 1. The molecule has 1 fully saturated rings. The van der Waals surface area contributed by atoms with Gasteiger partial charge in [-0.15, -0.1) is 0 Å². The van der Waals surface area contributed by atoms with Gasteiger partial charge in [0.2, 0.25) is 0 Å². The molecule has 1 saturated heterocycles. The molecule has 3 N–H and O–H groups in total. The molecule has 3 rings (SSSR count). The van der Waals surface area contributed by atoms with Crippen LogP contribution in [0.15, 0.2) is 30.6 Å². The van der Waals surface area contributed by atoms with Gasteiger partial charge in [0.15, 0.2) is 0 Å². The van der Waals surface area contributed by atoms with Gasteiger partial charge in [0.25, 0.3) is 0 Å². The summed E-state index contributed by atoms with van der Waals surface area (Å²) in [6.07, 6.45) is 7.92. The zero-order valence-corrected chi connectivity index (χ0v) is 11.6. The third-order valence-electron chi connectivity index (χ3n) is 4.22. The summed E-state index contributed by atoms with van der Waals surface area (Å²) in [5, 5.41) is 11.2. The van der Waals surface area contributed by atoms with Crippen LogP contribution in [0.1, 0.15) is 25.7 Å². The fourth-order valence-electron chi connectivity index (χ4n) is 3.21. The number of hydrogen-bond acceptors (Lipinski definition) is 4. The molecule has 1 atom stereocenters. The maximum absolute atomic E-state index is 9.03. The molecule has 0 bridgehead atoms. The highest BCUT2D eigenvalue weighted by atomic mass is 16.2. The molecule has 0 saturated carbocycles. The number of fused-ring (bicyclic) bond motifs is 1. The van der Waals surface area contributed by atoms with Crippen LogP contribution in [0.25, 0.3) is 10.8 Å². The molecule has 0 radical (unpaired) electrons. The maximum Gasteiger partial charge on any atom is 0.0632 e. The van der Waals surface area contributed by atoms with Gasteiger partial charge in [0.05, 0.1) is 11.4 Å². The molecule has 1 aliphatic rings. The van der Waals surface area contributed by atoms with Gasteiger partial charge in [0, 0.05) is 42.4 Å². The van der Waals surface area contributed by atoms with E-state index in [1.54, 1.807) is 6.20 Å². The Bertz CT molecular complexity index is 599. The third-order valence-corrected chi connectivity index (χ3v) is 4.22. The summed E-state index contributed by atoms with van der Waals surface area (Å²) in [6.45, 7) is 1.32. The molecular formula is C16H21N3O. The average Bonchev–Trinajstić information content (AvgIpc) is 2.94. The molecule has 4 nitrogen and oxygen atoms in total. The Morgan fingerprint density at radius 1 is 1.35 bits per heavy atom. The lowest BCUT2D eigenvalue weighted by Gasteiger charge is -2.28. The number of aliphatic hydroxyl groups excluding tert-OH is 1.